The van der Waals surface area contributed by atoms with Crippen LogP contribution >= 0.6 is 0 Å². The van der Waals surface area contributed by atoms with Crippen molar-refractivity contribution in [3.05, 3.63) is 23.8 Å². The van der Waals surface area contributed by atoms with Crippen molar-refractivity contribution in [2.24, 2.45) is 29.6 Å². The molecule has 0 spiro atoms. The fourth-order valence-electron chi connectivity index (χ4n) is 5.06. The van der Waals surface area contributed by atoms with Gasteiger partial charge in [0, 0.05) is 12.3 Å². The third-order valence-electron chi connectivity index (χ3n) is 6.88. The van der Waals surface area contributed by atoms with Gasteiger partial charge in [0.25, 0.3) is 0 Å². The van der Waals surface area contributed by atoms with Crippen LogP contribution in [0.1, 0.15) is 59.8 Å². The molecule has 6 heteroatoms. The third kappa shape index (κ3) is 5.20. The number of Topliss-reactive ketones (excluding diaryl/α,β-unsaturated/α-hetero) is 1. The van der Waals surface area contributed by atoms with Gasteiger partial charge in [0.1, 0.15) is 23.9 Å². The lowest BCUT2D eigenvalue weighted by molar-refractivity contribution is -0.163. The Hall–Kier alpha value is -1.95. The Kier molecular flexibility index (Phi) is 7.17. The summed E-state index contributed by atoms with van der Waals surface area (Å²) in [5.74, 6) is -0.867. The Balaban J connectivity index is 1.75. The van der Waals surface area contributed by atoms with Crippen molar-refractivity contribution in [1.29, 1.82) is 0 Å². The van der Waals surface area contributed by atoms with Crippen LogP contribution in [0.2, 0.25) is 0 Å². The van der Waals surface area contributed by atoms with Gasteiger partial charge in [0.05, 0.1) is 12.5 Å². The molecule has 0 amide bonds. The van der Waals surface area contributed by atoms with Crippen molar-refractivity contribution in [3.8, 4) is 0 Å². The Morgan fingerprint density at radius 3 is 2.67 bits per heavy atom. The number of ketones is 1. The van der Waals surface area contributed by atoms with Crippen LogP contribution in [0.15, 0.2) is 23.8 Å². The number of carbonyl (C=O) groups is 3. The SMILES string of the molecule is CC(=O)[C@H](C)C(=O)O[C@@H]1C[C@H](C)C=C2C=C[C@H](C)[C@@H](CC[C@@H]3C[C@@H](O)CC(=O)O3)[C@H]21. The lowest BCUT2D eigenvalue weighted by Gasteiger charge is -2.43. The molecule has 3 rings (SSSR count). The number of aliphatic hydroxyl groups excluding tert-OH is 1. The minimum atomic E-state index is -0.757. The van der Waals surface area contributed by atoms with Crippen LogP contribution in [0.4, 0.5) is 0 Å². The first kappa shape index (κ1) is 22.7. The Labute approximate surface area is 178 Å². The number of allylic oxidation sites excluding steroid dienone is 3. The van der Waals surface area contributed by atoms with Crippen LogP contribution in [-0.2, 0) is 23.9 Å². The number of carbonyl (C=O) groups excluding carboxylic acids is 3. The summed E-state index contributed by atoms with van der Waals surface area (Å²) in [6.07, 6.45) is 8.18. The maximum Gasteiger partial charge on any atom is 0.316 e. The molecule has 2 aliphatic carbocycles. The Bertz CT molecular complexity index is 738. The molecule has 6 nitrogen and oxygen atoms in total. The van der Waals surface area contributed by atoms with Gasteiger partial charge in [-0.3, -0.25) is 14.4 Å². The summed E-state index contributed by atoms with van der Waals surface area (Å²) in [4.78, 5) is 35.8. The zero-order valence-corrected chi connectivity index (χ0v) is 18.4. The molecule has 0 saturated carbocycles. The summed E-state index contributed by atoms with van der Waals surface area (Å²) in [6.45, 7) is 7.28. The van der Waals surface area contributed by atoms with Crippen LogP contribution in [0.5, 0.6) is 0 Å². The average Bonchev–Trinajstić information content (AvgIpc) is 2.65. The van der Waals surface area contributed by atoms with Crippen LogP contribution in [0.25, 0.3) is 0 Å². The second-order valence-electron chi connectivity index (χ2n) is 9.38. The lowest BCUT2D eigenvalue weighted by Crippen LogP contribution is -2.42. The number of aliphatic hydroxyl groups is 1. The van der Waals surface area contributed by atoms with Crippen LogP contribution < -0.4 is 0 Å². The van der Waals surface area contributed by atoms with E-state index in [-0.39, 0.29) is 54.1 Å². The molecule has 0 unspecified atom stereocenters. The Morgan fingerprint density at radius 1 is 1.27 bits per heavy atom. The second-order valence-corrected chi connectivity index (χ2v) is 9.38. The van der Waals surface area contributed by atoms with Crippen LogP contribution in [0, 0.1) is 29.6 Å². The molecule has 0 aromatic carbocycles. The maximum absolute atomic E-state index is 12.5. The van der Waals surface area contributed by atoms with Crippen LogP contribution in [-0.4, -0.2) is 41.1 Å². The highest BCUT2D eigenvalue weighted by atomic mass is 16.6. The quantitative estimate of drug-likeness (QED) is 0.525. The van der Waals surface area contributed by atoms with Gasteiger partial charge in [-0.15, -0.1) is 0 Å². The van der Waals surface area contributed by atoms with Crippen molar-refractivity contribution < 1.29 is 29.0 Å². The van der Waals surface area contributed by atoms with E-state index in [1.54, 1.807) is 6.92 Å². The number of esters is 2. The summed E-state index contributed by atoms with van der Waals surface area (Å²) < 4.78 is 11.3. The predicted octanol–water partition coefficient (Wildman–Crippen LogP) is 3.37. The number of fused-ring (bicyclic) bond motifs is 1. The molecule has 8 atom stereocenters. The van der Waals surface area contributed by atoms with E-state index < -0.39 is 18.0 Å². The van der Waals surface area contributed by atoms with Crippen molar-refractivity contribution in [3.63, 3.8) is 0 Å². The van der Waals surface area contributed by atoms with Crippen molar-refractivity contribution >= 4 is 17.7 Å². The molecule has 3 aliphatic rings. The summed E-state index contributed by atoms with van der Waals surface area (Å²) in [5.41, 5.74) is 1.19. The first-order valence-electron chi connectivity index (χ1n) is 11.1. The third-order valence-corrected chi connectivity index (χ3v) is 6.88. The Morgan fingerprint density at radius 2 is 2.00 bits per heavy atom. The number of hydrogen-bond acceptors (Lipinski definition) is 6. The fourth-order valence-corrected chi connectivity index (χ4v) is 5.06. The van der Waals surface area contributed by atoms with E-state index in [4.69, 9.17) is 9.47 Å². The molecule has 0 radical (unpaired) electrons. The van der Waals surface area contributed by atoms with Gasteiger partial charge in [-0.1, -0.05) is 32.1 Å². The number of cyclic esters (lactones) is 1. The van der Waals surface area contributed by atoms with E-state index in [2.05, 4.69) is 32.1 Å². The molecule has 1 aliphatic heterocycles. The van der Waals surface area contributed by atoms with Gasteiger partial charge in [0.2, 0.25) is 0 Å². The van der Waals surface area contributed by atoms with E-state index >= 15 is 0 Å². The van der Waals surface area contributed by atoms with Gasteiger partial charge < -0.3 is 14.6 Å². The fraction of sp³-hybridized carbons (Fsp3) is 0.708. The zero-order valence-electron chi connectivity index (χ0n) is 18.4. The molecule has 1 fully saturated rings. The second kappa shape index (κ2) is 9.46. The van der Waals surface area contributed by atoms with Gasteiger partial charge in [-0.05, 0) is 56.4 Å². The number of ether oxygens (including phenoxy) is 2. The van der Waals surface area contributed by atoms with E-state index in [9.17, 15) is 19.5 Å². The number of rotatable bonds is 6. The average molecular weight is 419 g/mol. The monoisotopic (exact) mass is 418 g/mol. The van der Waals surface area contributed by atoms with Gasteiger partial charge >= 0.3 is 11.9 Å². The molecule has 1 N–H and O–H groups in total. The lowest BCUT2D eigenvalue weighted by atomic mass is 9.65. The summed E-state index contributed by atoms with van der Waals surface area (Å²) in [6, 6.07) is 0. The molecule has 0 aromatic heterocycles. The predicted molar refractivity (Wildman–Crippen MR) is 111 cm³/mol. The van der Waals surface area contributed by atoms with E-state index in [0.29, 0.717) is 12.8 Å². The summed E-state index contributed by atoms with van der Waals surface area (Å²) in [5, 5.41) is 9.89. The maximum atomic E-state index is 12.5. The van der Waals surface area contributed by atoms with Crippen molar-refractivity contribution in [2.45, 2.75) is 78.1 Å². The zero-order chi connectivity index (χ0) is 22.0. The molecule has 0 aromatic rings. The highest BCUT2D eigenvalue weighted by Crippen LogP contribution is 2.45. The topological polar surface area (TPSA) is 89.9 Å². The molecular formula is C24H34O6. The minimum absolute atomic E-state index is 0.0634. The summed E-state index contributed by atoms with van der Waals surface area (Å²) in [7, 11) is 0. The molecule has 0 bridgehead atoms. The van der Waals surface area contributed by atoms with E-state index in [1.807, 2.05) is 0 Å². The molecule has 1 saturated heterocycles. The molecule has 1 heterocycles. The van der Waals surface area contributed by atoms with Crippen LogP contribution in [0.3, 0.4) is 0 Å². The van der Waals surface area contributed by atoms with Gasteiger partial charge in [-0.2, -0.15) is 0 Å². The standard InChI is InChI=1S/C24H34O6/c1-13-9-17-6-5-14(2)20(8-7-19-11-18(26)12-22(27)29-19)23(17)21(10-13)30-24(28)15(3)16(4)25/h5-6,9,13-15,18-21,23,26H,7-8,10-12H2,1-4H3/t13-,14+,15+,18-,19-,20-,21-,23+/m1/s1. The van der Waals surface area contributed by atoms with Gasteiger partial charge in [-0.25, -0.2) is 0 Å². The molecule has 166 valence electrons. The smallest absolute Gasteiger partial charge is 0.316 e. The first-order valence-corrected chi connectivity index (χ1v) is 11.1. The molecule has 30 heavy (non-hydrogen) atoms. The number of hydrogen-bond donors (Lipinski definition) is 1. The van der Waals surface area contributed by atoms with E-state index in [0.717, 1.165) is 12.8 Å². The highest BCUT2D eigenvalue weighted by Gasteiger charge is 2.42. The largest absolute Gasteiger partial charge is 0.462 e. The van der Waals surface area contributed by atoms with Crippen molar-refractivity contribution in [2.75, 3.05) is 0 Å². The molecular weight excluding hydrogens is 384 g/mol. The van der Waals surface area contributed by atoms with E-state index in [1.165, 1.54) is 12.5 Å². The van der Waals surface area contributed by atoms with Crippen molar-refractivity contribution in [1.82, 2.24) is 0 Å². The normalized spacial score (nSPS) is 36.9. The van der Waals surface area contributed by atoms with Gasteiger partial charge in [0.15, 0.2) is 0 Å². The first-order chi connectivity index (χ1) is 14.2. The summed E-state index contributed by atoms with van der Waals surface area (Å²) >= 11 is 0. The highest BCUT2D eigenvalue weighted by molar-refractivity contribution is 5.97. The minimum Gasteiger partial charge on any atom is -0.462 e.